The molecule has 1 aromatic heterocycles. The van der Waals surface area contributed by atoms with E-state index in [-0.39, 0.29) is 18.7 Å². The third-order valence-corrected chi connectivity index (χ3v) is 10.1. The van der Waals surface area contributed by atoms with Crippen molar-refractivity contribution in [3.05, 3.63) is 102 Å². The van der Waals surface area contributed by atoms with E-state index in [2.05, 4.69) is 18.9 Å². The van der Waals surface area contributed by atoms with Crippen LogP contribution in [-0.4, -0.2) is 42.4 Å². The van der Waals surface area contributed by atoms with Crippen LogP contribution >= 0.6 is 21.0 Å². The van der Waals surface area contributed by atoms with Crippen LogP contribution in [0.2, 0.25) is 0 Å². The highest BCUT2D eigenvalue weighted by molar-refractivity contribution is 8.00. The molecule has 40 heavy (non-hydrogen) atoms. The maximum absolute atomic E-state index is 13.2. The molecule has 0 radical (unpaired) electrons. The Kier molecular flexibility index (Phi) is 7.04. The number of hydrogen-bond donors (Lipinski definition) is 1. The lowest BCUT2D eigenvalue weighted by Gasteiger charge is -2.17. The highest BCUT2D eigenvalue weighted by Gasteiger charge is 2.34. The van der Waals surface area contributed by atoms with Crippen LogP contribution in [0.3, 0.4) is 0 Å². The molecule has 10 heteroatoms. The van der Waals surface area contributed by atoms with Crippen molar-refractivity contribution in [3.63, 3.8) is 0 Å². The van der Waals surface area contributed by atoms with Crippen LogP contribution < -0.4 is 10.0 Å². The van der Waals surface area contributed by atoms with E-state index in [4.69, 9.17) is 0 Å². The topological polar surface area (TPSA) is 96.4 Å². The van der Waals surface area contributed by atoms with Crippen molar-refractivity contribution in [1.29, 1.82) is 0 Å². The summed E-state index contributed by atoms with van der Waals surface area (Å²) in [6.07, 6.45) is 1.87. The molecule has 5 aromatic rings. The van der Waals surface area contributed by atoms with Gasteiger partial charge in [-0.2, -0.15) is 0 Å². The number of pyridine rings is 1. The summed E-state index contributed by atoms with van der Waals surface area (Å²) in [7, 11) is -0.998. The van der Waals surface area contributed by atoms with Gasteiger partial charge in [-0.25, -0.2) is 8.42 Å². The third kappa shape index (κ3) is 4.96. The highest BCUT2D eigenvalue weighted by Crippen LogP contribution is 2.37. The van der Waals surface area contributed by atoms with Gasteiger partial charge in [-0.3, -0.25) is 24.2 Å². The number of benzene rings is 4. The number of amides is 2. The number of carbonyl (C=O) groups excluding carboxylic acids is 2. The molecule has 2 amide bonds. The maximum atomic E-state index is 13.2. The molecule has 0 saturated carbocycles. The number of fused-ring (bicyclic) bond motifs is 3. The van der Waals surface area contributed by atoms with Crippen molar-refractivity contribution in [1.82, 2.24) is 9.88 Å². The fourth-order valence-electron chi connectivity index (χ4n) is 4.89. The molecule has 0 saturated heterocycles. The summed E-state index contributed by atoms with van der Waals surface area (Å²) < 4.78 is 29.2. The molecule has 1 N–H and O–H groups in total. The zero-order chi connectivity index (χ0) is 27.9. The van der Waals surface area contributed by atoms with Gasteiger partial charge in [0.2, 0.25) is 10.0 Å². The number of sulfonamides is 1. The van der Waals surface area contributed by atoms with E-state index in [1.165, 1.54) is 11.8 Å². The van der Waals surface area contributed by atoms with Gasteiger partial charge in [0.15, 0.2) is 0 Å². The van der Waals surface area contributed by atoms with Gasteiger partial charge in [0.05, 0.1) is 28.1 Å². The Morgan fingerprint density at radius 3 is 2.25 bits per heavy atom. The van der Waals surface area contributed by atoms with E-state index in [0.29, 0.717) is 16.8 Å². The predicted octanol–water partition coefficient (Wildman–Crippen LogP) is 5.47. The highest BCUT2D eigenvalue weighted by atomic mass is 32.2. The van der Waals surface area contributed by atoms with Crippen LogP contribution in [0.5, 0.6) is 0 Å². The summed E-state index contributed by atoms with van der Waals surface area (Å²) in [6.45, 7) is 0.0216. The summed E-state index contributed by atoms with van der Waals surface area (Å²) in [4.78, 5) is 32.8. The average Bonchev–Trinajstić information content (AvgIpc) is 3.20. The second-order valence-electron chi connectivity index (χ2n) is 9.40. The number of anilines is 1. The van der Waals surface area contributed by atoms with E-state index in [1.807, 2.05) is 60.7 Å². The second-order valence-corrected chi connectivity index (χ2v) is 12.9. The average molecular weight is 586 g/mol. The van der Waals surface area contributed by atoms with Gasteiger partial charge < -0.3 is 0 Å². The molecule has 0 fully saturated rings. The first-order valence-electron chi connectivity index (χ1n) is 12.6. The Labute approximate surface area is 238 Å². The van der Waals surface area contributed by atoms with Crippen molar-refractivity contribution in [2.24, 2.45) is 0 Å². The summed E-state index contributed by atoms with van der Waals surface area (Å²) in [5.74, 6) is -1.03. The molecular formula is C30H24N3O4PS2. The lowest BCUT2D eigenvalue weighted by atomic mass is 10.1. The Balaban J connectivity index is 1.24. The van der Waals surface area contributed by atoms with Gasteiger partial charge in [-0.1, -0.05) is 66.4 Å². The van der Waals surface area contributed by atoms with Crippen LogP contribution in [0, 0.1) is 0 Å². The van der Waals surface area contributed by atoms with E-state index >= 15 is 0 Å². The lowest BCUT2D eigenvalue weighted by molar-refractivity contribution is 0.0654. The van der Waals surface area contributed by atoms with E-state index in [0.717, 1.165) is 41.7 Å². The molecule has 0 spiro atoms. The van der Waals surface area contributed by atoms with Crippen molar-refractivity contribution in [2.75, 3.05) is 17.0 Å². The van der Waals surface area contributed by atoms with Crippen LogP contribution in [0.15, 0.2) is 101 Å². The van der Waals surface area contributed by atoms with Crippen molar-refractivity contribution in [3.8, 4) is 0 Å². The number of rotatable bonds is 8. The minimum atomic E-state index is -3.78. The zero-order valence-corrected chi connectivity index (χ0v) is 24.0. The molecule has 1 aliphatic rings. The fraction of sp³-hybridized carbons (Fsp3) is 0.100. The number of nitrogens with zero attached hydrogens (tertiary/aromatic N) is 2. The lowest BCUT2D eigenvalue weighted by Crippen LogP contribution is -2.32. The first-order chi connectivity index (χ1) is 19.3. The molecular weight excluding hydrogens is 561 g/mol. The van der Waals surface area contributed by atoms with Crippen LogP contribution in [0.4, 0.5) is 5.69 Å². The number of imide groups is 1. The first-order valence-corrected chi connectivity index (χ1v) is 15.7. The minimum absolute atomic E-state index is 0.0216. The smallest absolute Gasteiger partial charge is 0.261 e. The normalized spacial score (nSPS) is 13.3. The predicted molar refractivity (Wildman–Crippen MR) is 163 cm³/mol. The summed E-state index contributed by atoms with van der Waals surface area (Å²) in [5.41, 5.74) is 2.05. The monoisotopic (exact) mass is 585 g/mol. The molecule has 0 aliphatic carbocycles. The van der Waals surface area contributed by atoms with Crippen molar-refractivity contribution >= 4 is 75.5 Å². The van der Waals surface area contributed by atoms with Crippen LogP contribution in [0.1, 0.15) is 27.1 Å². The Morgan fingerprint density at radius 2 is 1.50 bits per heavy atom. The van der Waals surface area contributed by atoms with Gasteiger partial charge in [-0.05, 0) is 47.4 Å². The van der Waals surface area contributed by atoms with E-state index in [1.54, 1.807) is 30.5 Å². The van der Waals surface area contributed by atoms with Gasteiger partial charge in [0.25, 0.3) is 11.8 Å². The molecule has 200 valence electrons. The molecule has 0 bridgehead atoms. The fourth-order valence-corrected chi connectivity index (χ4v) is 7.57. The molecule has 6 rings (SSSR count). The van der Waals surface area contributed by atoms with E-state index in [9.17, 15) is 18.0 Å². The van der Waals surface area contributed by atoms with Crippen molar-refractivity contribution < 1.29 is 18.0 Å². The maximum Gasteiger partial charge on any atom is 0.261 e. The summed E-state index contributed by atoms with van der Waals surface area (Å²) in [5, 5.41) is 3.67. The number of para-hydroxylation sites is 1. The number of aromatic nitrogens is 1. The van der Waals surface area contributed by atoms with Crippen LogP contribution in [0.25, 0.3) is 21.7 Å². The molecule has 4 aromatic carbocycles. The van der Waals surface area contributed by atoms with Gasteiger partial charge >= 0.3 is 0 Å². The Hall–Kier alpha value is -3.78. The van der Waals surface area contributed by atoms with Crippen molar-refractivity contribution in [2.45, 2.75) is 16.2 Å². The quantitative estimate of drug-likeness (QED) is 0.192. The minimum Gasteiger partial charge on any atom is -0.283 e. The van der Waals surface area contributed by atoms with Gasteiger partial charge in [-0.15, -0.1) is 9.24 Å². The third-order valence-electron chi connectivity index (χ3n) is 6.80. The molecule has 1 atom stereocenters. The SMILES string of the molecule is O=C1c2ccccc2C(=O)N1CCCS(=O)(=O)Nc1cc(Sc2cccc3cccnc23)c(P)c2ccccc12. The molecule has 1 unspecified atom stereocenters. The number of hydrogen-bond acceptors (Lipinski definition) is 6. The van der Waals surface area contributed by atoms with E-state index < -0.39 is 21.8 Å². The van der Waals surface area contributed by atoms with Gasteiger partial charge in [0.1, 0.15) is 0 Å². The number of carbonyl (C=O) groups is 2. The summed E-state index contributed by atoms with van der Waals surface area (Å²) in [6, 6.07) is 26.0. The standard InChI is InChI=1S/C30H24N3O4PS2/c34-29-22-12-3-4-13-23(22)30(35)33(29)16-7-17-40(36,37)32-24-18-26(28(38)21-11-2-1-10-20(21)24)39-25-14-5-8-19-9-6-15-31-27(19)25/h1-6,8-15,18,32H,7,16-17,38H2. The second kappa shape index (κ2) is 10.7. The molecule has 2 heterocycles. The zero-order valence-electron chi connectivity index (χ0n) is 21.2. The summed E-state index contributed by atoms with van der Waals surface area (Å²) >= 11 is 1.53. The van der Waals surface area contributed by atoms with Gasteiger partial charge in [0, 0.05) is 33.3 Å². The molecule has 1 aliphatic heterocycles. The Bertz CT molecular complexity index is 1890. The first kappa shape index (κ1) is 26.4. The molecule has 7 nitrogen and oxygen atoms in total. The van der Waals surface area contributed by atoms with Crippen LogP contribution in [-0.2, 0) is 10.0 Å². The number of nitrogens with one attached hydrogen (secondary N) is 1. The Morgan fingerprint density at radius 1 is 0.825 bits per heavy atom. The largest absolute Gasteiger partial charge is 0.283 e.